The van der Waals surface area contributed by atoms with Crippen LogP contribution in [-0.2, 0) is 10.0 Å². The number of nitrogens with zero attached hydrogens (tertiary/aromatic N) is 1. The van der Waals surface area contributed by atoms with E-state index in [9.17, 15) is 8.42 Å². The van der Waals surface area contributed by atoms with Gasteiger partial charge in [0.15, 0.2) is 0 Å². The van der Waals surface area contributed by atoms with E-state index in [-0.39, 0.29) is 23.8 Å². The molecule has 0 saturated heterocycles. The van der Waals surface area contributed by atoms with Crippen LogP contribution in [0.3, 0.4) is 0 Å². The van der Waals surface area contributed by atoms with Crippen LogP contribution in [0.25, 0.3) is 0 Å². The Labute approximate surface area is 132 Å². The van der Waals surface area contributed by atoms with Crippen LogP contribution in [0, 0.1) is 11.3 Å². The fraction of sp³-hybridized carbons (Fsp3) is 0.500. The van der Waals surface area contributed by atoms with Crippen molar-refractivity contribution in [3.05, 3.63) is 29.8 Å². The fourth-order valence-corrected chi connectivity index (χ4v) is 3.67. The van der Waals surface area contributed by atoms with Gasteiger partial charge in [0.25, 0.3) is 0 Å². The molecule has 0 heterocycles. The van der Waals surface area contributed by atoms with E-state index in [4.69, 9.17) is 11.0 Å². The average molecular weight is 330 g/mol. The first-order valence-electron chi connectivity index (χ1n) is 6.74. The highest BCUT2D eigenvalue weighted by Gasteiger charge is 2.29. The second-order valence-electron chi connectivity index (χ2n) is 5.39. The molecule has 1 aromatic rings. The Morgan fingerprint density at radius 3 is 2.57 bits per heavy atom. The summed E-state index contributed by atoms with van der Waals surface area (Å²) in [5.41, 5.74) is 6.10. The van der Waals surface area contributed by atoms with Gasteiger partial charge in [0, 0.05) is 12.1 Å². The summed E-state index contributed by atoms with van der Waals surface area (Å²) in [4.78, 5) is 0.107. The van der Waals surface area contributed by atoms with Gasteiger partial charge in [0.2, 0.25) is 10.0 Å². The van der Waals surface area contributed by atoms with E-state index < -0.39 is 15.6 Å². The first-order chi connectivity index (χ1) is 9.45. The highest BCUT2D eigenvalue weighted by atomic mass is 35.5. The fourth-order valence-electron chi connectivity index (χ4n) is 2.49. The molecule has 5 nitrogen and oxygen atoms in total. The van der Waals surface area contributed by atoms with E-state index in [2.05, 4.69) is 4.72 Å². The molecule has 0 unspecified atom stereocenters. The number of halogens is 1. The van der Waals surface area contributed by atoms with E-state index in [1.54, 1.807) is 12.1 Å². The van der Waals surface area contributed by atoms with Crippen molar-refractivity contribution in [2.75, 3.05) is 6.54 Å². The van der Waals surface area contributed by atoms with Gasteiger partial charge in [-0.2, -0.15) is 5.26 Å². The normalized spacial score (nSPS) is 17.5. The summed E-state index contributed by atoms with van der Waals surface area (Å²) in [6.07, 6.45) is 4.93. The predicted molar refractivity (Wildman–Crippen MR) is 83.6 cm³/mol. The van der Waals surface area contributed by atoms with Crippen LogP contribution in [0.2, 0.25) is 0 Å². The molecule has 7 heteroatoms. The summed E-state index contributed by atoms with van der Waals surface area (Å²) < 4.78 is 27.0. The van der Waals surface area contributed by atoms with Crippen LogP contribution < -0.4 is 10.5 Å². The second-order valence-corrected chi connectivity index (χ2v) is 7.15. The molecule has 1 fully saturated rings. The summed E-state index contributed by atoms with van der Waals surface area (Å²) in [5, 5.41) is 8.82. The van der Waals surface area contributed by atoms with E-state index in [1.807, 2.05) is 6.07 Å². The molecule has 2 rings (SSSR count). The number of benzene rings is 1. The Bertz CT molecular complexity index is 619. The third kappa shape index (κ3) is 4.68. The molecule has 1 aliphatic rings. The Kier molecular flexibility index (Phi) is 6.17. The molecular formula is C14H20ClN3O2S. The number of nitriles is 1. The first-order valence-corrected chi connectivity index (χ1v) is 8.22. The molecule has 116 valence electrons. The smallest absolute Gasteiger partial charge is 0.240 e. The summed E-state index contributed by atoms with van der Waals surface area (Å²) in [6.45, 7) is 0.242. The van der Waals surface area contributed by atoms with Crippen molar-refractivity contribution in [3.8, 4) is 6.07 Å². The molecule has 0 spiro atoms. The molecule has 21 heavy (non-hydrogen) atoms. The summed E-state index contributed by atoms with van der Waals surface area (Å²) >= 11 is 0. The zero-order chi connectivity index (χ0) is 14.6. The van der Waals surface area contributed by atoms with E-state index in [0.717, 1.165) is 32.1 Å². The topological polar surface area (TPSA) is 96.0 Å². The van der Waals surface area contributed by atoms with Crippen LogP contribution in [0.1, 0.15) is 37.7 Å². The Hall–Kier alpha value is -1.13. The number of nitrogens with two attached hydrogens (primary N) is 1. The van der Waals surface area contributed by atoms with Crippen molar-refractivity contribution in [2.45, 2.75) is 42.5 Å². The number of nitrogens with one attached hydrogen (secondary N) is 1. The number of rotatable bonds is 4. The lowest BCUT2D eigenvalue weighted by Crippen LogP contribution is -2.51. The van der Waals surface area contributed by atoms with Gasteiger partial charge in [-0.05, 0) is 31.0 Å². The van der Waals surface area contributed by atoms with Gasteiger partial charge in [0.05, 0.1) is 16.5 Å². The van der Waals surface area contributed by atoms with Crippen LogP contribution >= 0.6 is 12.4 Å². The molecule has 1 aliphatic carbocycles. The SMILES string of the molecule is Cl.N#Cc1cccc(S(=O)(=O)NCC2(N)CCCCC2)c1. The third-order valence-electron chi connectivity index (χ3n) is 3.74. The minimum absolute atomic E-state index is 0. The number of hydrogen-bond donors (Lipinski definition) is 2. The second kappa shape index (κ2) is 7.23. The van der Waals surface area contributed by atoms with Crippen molar-refractivity contribution >= 4 is 22.4 Å². The maximum Gasteiger partial charge on any atom is 0.240 e. The van der Waals surface area contributed by atoms with Crippen molar-refractivity contribution in [1.29, 1.82) is 5.26 Å². The molecule has 0 atom stereocenters. The van der Waals surface area contributed by atoms with Crippen LogP contribution in [0.5, 0.6) is 0 Å². The lowest BCUT2D eigenvalue weighted by molar-refractivity contribution is 0.296. The maximum atomic E-state index is 12.2. The van der Waals surface area contributed by atoms with Gasteiger partial charge < -0.3 is 5.73 Å². The summed E-state index contributed by atoms with van der Waals surface area (Å²) in [5.74, 6) is 0. The highest BCUT2D eigenvalue weighted by molar-refractivity contribution is 7.89. The molecule has 3 N–H and O–H groups in total. The minimum Gasteiger partial charge on any atom is -0.324 e. The van der Waals surface area contributed by atoms with Gasteiger partial charge in [-0.15, -0.1) is 12.4 Å². The zero-order valence-corrected chi connectivity index (χ0v) is 13.3. The molecule has 1 saturated carbocycles. The zero-order valence-electron chi connectivity index (χ0n) is 11.7. The Morgan fingerprint density at radius 2 is 1.95 bits per heavy atom. The molecule has 0 bridgehead atoms. The molecule has 0 aromatic heterocycles. The van der Waals surface area contributed by atoms with E-state index in [0.29, 0.717) is 5.56 Å². The Morgan fingerprint density at radius 1 is 1.29 bits per heavy atom. The Balaban J connectivity index is 0.00000220. The molecule has 0 radical (unpaired) electrons. The van der Waals surface area contributed by atoms with Crippen LogP contribution in [0.15, 0.2) is 29.2 Å². The van der Waals surface area contributed by atoms with Gasteiger partial charge in [-0.3, -0.25) is 0 Å². The van der Waals surface area contributed by atoms with Crippen molar-refractivity contribution < 1.29 is 8.42 Å². The average Bonchev–Trinajstić information content (AvgIpc) is 2.46. The van der Waals surface area contributed by atoms with Gasteiger partial charge >= 0.3 is 0 Å². The van der Waals surface area contributed by atoms with E-state index >= 15 is 0 Å². The van der Waals surface area contributed by atoms with Crippen LogP contribution in [-0.4, -0.2) is 20.5 Å². The number of hydrogen-bond acceptors (Lipinski definition) is 4. The monoisotopic (exact) mass is 329 g/mol. The van der Waals surface area contributed by atoms with Crippen molar-refractivity contribution in [1.82, 2.24) is 4.72 Å². The molecule has 1 aromatic carbocycles. The van der Waals surface area contributed by atoms with E-state index in [1.165, 1.54) is 12.1 Å². The molecular weight excluding hydrogens is 310 g/mol. The van der Waals surface area contributed by atoms with Crippen molar-refractivity contribution in [3.63, 3.8) is 0 Å². The first kappa shape index (κ1) is 17.9. The quantitative estimate of drug-likeness (QED) is 0.882. The molecule has 0 amide bonds. The minimum atomic E-state index is -3.61. The lowest BCUT2D eigenvalue weighted by atomic mass is 9.83. The summed E-state index contributed by atoms with van der Waals surface area (Å²) in [6, 6.07) is 7.92. The van der Waals surface area contributed by atoms with Gasteiger partial charge in [-0.1, -0.05) is 25.3 Å². The summed E-state index contributed by atoms with van der Waals surface area (Å²) in [7, 11) is -3.61. The number of sulfonamides is 1. The van der Waals surface area contributed by atoms with Gasteiger partial charge in [0.1, 0.15) is 0 Å². The standard InChI is InChI=1S/C14H19N3O2S.ClH/c15-10-12-5-4-6-13(9-12)20(18,19)17-11-14(16)7-2-1-3-8-14;/h4-6,9,17H,1-3,7-8,11,16H2;1H. The van der Waals surface area contributed by atoms with Gasteiger partial charge in [-0.25, -0.2) is 13.1 Å². The molecule has 0 aliphatic heterocycles. The maximum absolute atomic E-state index is 12.2. The van der Waals surface area contributed by atoms with Crippen LogP contribution in [0.4, 0.5) is 0 Å². The third-order valence-corrected chi connectivity index (χ3v) is 5.14. The van der Waals surface area contributed by atoms with Crippen molar-refractivity contribution in [2.24, 2.45) is 5.73 Å². The largest absolute Gasteiger partial charge is 0.324 e. The lowest BCUT2D eigenvalue weighted by Gasteiger charge is -2.33. The predicted octanol–water partition coefficient (Wildman–Crippen LogP) is 1.92. The highest BCUT2D eigenvalue weighted by Crippen LogP contribution is 2.25.